The predicted octanol–water partition coefficient (Wildman–Crippen LogP) is 3.96. The average molecular weight is 382 g/mol. The Morgan fingerprint density at radius 3 is 2.96 bits per heavy atom. The summed E-state index contributed by atoms with van der Waals surface area (Å²) in [6.45, 7) is 2.99. The molecule has 146 valence electrons. The van der Waals surface area contributed by atoms with Crippen LogP contribution in [0.1, 0.15) is 36.9 Å². The molecule has 1 aromatic carbocycles. The quantitative estimate of drug-likeness (QED) is 0.822. The molecule has 1 fully saturated rings. The van der Waals surface area contributed by atoms with E-state index in [1.165, 1.54) is 12.3 Å². The van der Waals surface area contributed by atoms with Crippen LogP contribution in [0, 0.1) is 0 Å². The van der Waals surface area contributed by atoms with Crippen LogP contribution in [-0.2, 0) is 17.5 Å². The Balaban J connectivity index is 1.55. The van der Waals surface area contributed by atoms with Crippen molar-refractivity contribution in [3.8, 4) is 0 Å². The Kier molecular flexibility index (Phi) is 5.69. The SMILES string of the molecule is CC(NC(=O)Nc1cnn(CC2CCCO2)c1)c1cccc(C(F)(F)F)c1. The van der Waals surface area contributed by atoms with Gasteiger partial charge in [-0.25, -0.2) is 4.79 Å². The summed E-state index contributed by atoms with van der Waals surface area (Å²) in [5.41, 5.74) is 0.125. The van der Waals surface area contributed by atoms with E-state index in [0.717, 1.165) is 31.6 Å². The third-order valence-corrected chi connectivity index (χ3v) is 4.37. The third kappa shape index (κ3) is 5.22. The van der Waals surface area contributed by atoms with Crippen LogP contribution in [0.3, 0.4) is 0 Å². The zero-order valence-corrected chi connectivity index (χ0v) is 14.8. The van der Waals surface area contributed by atoms with Gasteiger partial charge >= 0.3 is 12.2 Å². The molecule has 2 aromatic rings. The predicted molar refractivity (Wildman–Crippen MR) is 93.2 cm³/mol. The van der Waals surface area contributed by atoms with E-state index < -0.39 is 23.8 Å². The van der Waals surface area contributed by atoms with Gasteiger partial charge in [-0.1, -0.05) is 12.1 Å². The fourth-order valence-corrected chi connectivity index (χ4v) is 2.96. The molecule has 0 saturated carbocycles. The molecule has 1 aromatic heterocycles. The van der Waals surface area contributed by atoms with Crippen molar-refractivity contribution in [2.45, 2.75) is 44.6 Å². The maximum absolute atomic E-state index is 12.8. The van der Waals surface area contributed by atoms with Crippen LogP contribution in [0.4, 0.5) is 23.7 Å². The molecule has 9 heteroatoms. The first-order chi connectivity index (χ1) is 12.8. The molecule has 0 bridgehead atoms. The number of nitrogens with one attached hydrogen (secondary N) is 2. The van der Waals surface area contributed by atoms with Crippen LogP contribution in [0.5, 0.6) is 0 Å². The number of carbonyl (C=O) groups excluding carboxylic acids is 1. The molecule has 0 aliphatic carbocycles. The smallest absolute Gasteiger partial charge is 0.376 e. The minimum atomic E-state index is -4.42. The van der Waals surface area contributed by atoms with Crippen molar-refractivity contribution in [2.24, 2.45) is 0 Å². The van der Waals surface area contributed by atoms with Gasteiger partial charge in [0.15, 0.2) is 0 Å². The topological polar surface area (TPSA) is 68.2 Å². The summed E-state index contributed by atoms with van der Waals surface area (Å²) in [7, 11) is 0. The molecule has 2 unspecified atom stereocenters. The van der Waals surface area contributed by atoms with Crippen molar-refractivity contribution in [2.75, 3.05) is 11.9 Å². The molecule has 2 amide bonds. The lowest BCUT2D eigenvalue weighted by atomic mass is 10.1. The number of anilines is 1. The molecular formula is C18H21F3N4O2. The van der Waals surface area contributed by atoms with Gasteiger partial charge in [0.2, 0.25) is 0 Å². The molecule has 3 rings (SSSR count). The van der Waals surface area contributed by atoms with Crippen LogP contribution in [0.25, 0.3) is 0 Å². The first-order valence-corrected chi connectivity index (χ1v) is 8.70. The molecule has 6 nitrogen and oxygen atoms in total. The van der Waals surface area contributed by atoms with Crippen LogP contribution in [0.2, 0.25) is 0 Å². The number of rotatable bonds is 5. The number of amides is 2. The summed E-state index contributed by atoms with van der Waals surface area (Å²) in [5, 5.41) is 9.44. The van der Waals surface area contributed by atoms with Crippen LogP contribution < -0.4 is 10.6 Å². The number of benzene rings is 1. The summed E-state index contributed by atoms with van der Waals surface area (Å²) in [4.78, 5) is 12.1. The molecule has 2 N–H and O–H groups in total. The van der Waals surface area contributed by atoms with Gasteiger partial charge in [0.25, 0.3) is 0 Å². The number of alkyl halides is 3. The molecular weight excluding hydrogens is 361 g/mol. The number of carbonyl (C=O) groups is 1. The highest BCUT2D eigenvalue weighted by Crippen LogP contribution is 2.30. The Hall–Kier alpha value is -2.55. The van der Waals surface area contributed by atoms with E-state index in [1.807, 2.05) is 0 Å². The highest BCUT2D eigenvalue weighted by atomic mass is 19.4. The molecule has 0 spiro atoms. The first kappa shape index (κ1) is 19.2. The fourth-order valence-electron chi connectivity index (χ4n) is 2.96. The number of nitrogens with zero attached hydrogens (tertiary/aromatic N) is 2. The summed E-state index contributed by atoms with van der Waals surface area (Å²) < 4.78 is 45.7. The largest absolute Gasteiger partial charge is 0.416 e. The lowest BCUT2D eigenvalue weighted by molar-refractivity contribution is -0.137. The van der Waals surface area contributed by atoms with Crippen molar-refractivity contribution in [1.29, 1.82) is 0 Å². The third-order valence-electron chi connectivity index (χ3n) is 4.37. The Labute approximate surface area is 154 Å². The number of aromatic nitrogens is 2. The highest BCUT2D eigenvalue weighted by molar-refractivity contribution is 5.89. The summed E-state index contributed by atoms with van der Waals surface area (Å²) in [6, 6.07) is 3.79. The maximum atomic E-state index is 12.8. The van der Waals surface area contributed by atoms with Gasteiger partial charge in [-0.3, -0.25) is 4.68 Å². The van der Waals surface area contributed by atoms with Gasteiger partial charge in [0, 0.05) is 12.8 Å². The lowest BCUT2D eigenvalue weighted by Crippen LogP contribution is -2.31. The number of hydrogen-bond donors (Lipinski definition) is 2. The monoisotopic (exact) mass is 382 g/mol. The number of hydrogen-bond acceptors (Lipinski definition) is 3. The number of halogens is 3. The average Bonchev–Trinajstić information content (AvgIpc) is 3.27. The molecule has 0 radical (unpaired) electrons. The summed E-state index contributed by atoms with van der Waals surface area (Å²) in [6.07, 6.45) is 0.937. The van der Waals surface area contributed by atoms with Gasteiger partial charge in [-0.15, -0.1) is 0 Å². The van der Waals surface area contributed by atoms with E-state index in [-0.39, 0.29) is 6.10 Å². The minimum absolute atomic E-state index is 0.132. The van der Waals surface area contributed by atoms with Crippen molar-refractivity contribution in [3.05, 3.63) is 47.8 Å². The van der Waals surface area contributed by atoms with Gasteiger partial charge in [-0.05, 0) is 37.5 Å². The second-order valence-electron chi connectivity index (χ2n) is 6.53. The molecule has 1 aliphatic heterocycles. The highest BCUT2D eigenvalue weighted by Gasteiger charge is 2.30. The Bertz CT molecular complexity index is 785. The number of ether oxygens (including phenoxy) is 1. The molecule has 1 aliphatic rings. The summed E-state index contributed by atoms with van der Waals surface area (Å²) in [5.74, 6) is 0. The summed E-state index contributed by atoms with van der Waals surface area (Å²) >= 11 is 0. The van der Waals surface area contributed by atoms with E-state index in [9.17, 15) is 18.0 Å². The molecule has 27 heavy (non-hydrogen) atoms. The van der Waals surface area contributed by atoms with Crippen LogP contribution >= 0.6 is 0 Å². The van der Waals surface area contributed by atoms with E-state index in [0.29, 0.717) is 17.8 Å². The normalized spacial score (nSPS) is 18.3. The Morgan fingerprint density at radius 1 is 1.44 bits per heavy atom. The van der Waals surface area contributed by atoms with Gasteiger partial charge in [0.05, 0.1) is 36.1 Å². The van der Waals surface area contributed by atoms with E-state index >= 15 is 0 Å². The lowest BCUT2D eigenvalue weighted by Gasteiger charge is -2.16. The fraction of sp³-hybridized carbons (Fsp3) is 0.444. The van der Waals surface area contributed by atoms with Crippen LogP contribution in [-0.4, -0.2) is 28.5 Å². The van der Waals surface area contributed by atoms with Crippen molar-refractivity contribution in [1.82, 2.24) is 15.1 Å². The minimum Gasteiger partial charge on any atom is -0.376 e. The standard InChI is InChI=1S/C18H21F3N4O2/c1-12(13-4-2-5-14(8-13)18(19,20)21)23-17(26)24-15-9-22-25(10-15)11-16-6-3-7-27-16/h2,4-5,8-10,12,16H,3,6-7,11H2,1H3,(H2,23,24,26). The van der Waals surface area contributed by atoms with Gasteiger partial charge in [-0.2, -0.15) is 18.3 Å². The molecule has 2 atom stereocenters. The Morgan fingerprint density at radius 2 is 2.26 bits per heavy atom. The van der Waals surface area contributed by atoms with E-state index in [4.69, 9.17) is 4.74 Å². The molecule has 2 heterocycles. The van der Waals surface area contributed by atoms with Gasteiger partial charge < -0.3 is 15.4 Å². The second kappa shape index (κ2) is 7.99. The number of urea groups is 1. The van der Waals surface area contributed by atoms with E-state index in [2.05, 4.69) is 15.7 Å². The van der Waals surface area contributed by atoms with Crippen molar-refractivity contribution >= 4 is 11.7 Å². The molecule has 1 saturated heterocycles. The van der Waals surface area contributed by atoms with Crippen molar-refractivity contribution in [3.63, 3.8) is 0 Å². The van der Waals surface area contributed by atoms with Gasteiger partial charge in [0.1, 0.15) is 0 Å². The zero-order chi connectivity index (χ0) is 19.4. The van der Waals surface area contributed by atoms with E-state index in [1.54, 1.807) is 23.9 Å². The zero-order valence-electron chi connectivity index (χ0n) is 14.8. The first-order valence-electron chi connectivity index (χ1n) is 8.70. The van der Waals surface area contributed by atoms with Crippen LogP contribution in [0.15, 0.2) is 36.7 Å². The second-order valence-corrected chi connectivity index (χ2v) is 6.53. The maximum Gasteiger partial charge on any atom is 0.416 e. The van der Waals surface area contributed by atoms with Crippen molar-refractivity contribution < 1.29 is 22.7 Å².